The lowest BCUT2D eigenvalue weighted by Crippen LogP contribution is -2.36. The summed E-state index contributed by atoms with van der Waals surface area (Å²) in [5.41, 5.74) is 2.16. The minimum atomic E-state index is 0.738. The van der Waals surface area contributed by atoms with Crippen LogP contribution in [0.15, 0.2) is 30.5 Å². The monoisotopic (exact) mass is 263 g/mol. The van der Waals surface area contributed by atoms with E-state index in [1.165, 1.54) is 0 Å². The number of ether oxygens (including phenoxy) is 1. The molecule has 2 heterocycles. The predicted octanol–water partition coefficient (Wildman–Crippen LogP) is 2.57. The Hall–Kier alpha value is -1.52. The number of nitrogens with zero attached hydrogens (tertiary/aromatic N) is 2. The standard InChI is InChI=1S/C13H14ClN3O/c14-11-3-1-2-10(8-11)12-9-15-16-13(12)17-4-6-18-7-5-17/h1-3,8-9H,4-7H2,(H,15,16). The van der Waals surface area contributed by atoms with Crippen molar-refractivity contribution in [2.45, 2.75) is 0 Å². The summed E-state index contributed by atoms with van der Waals surface area (Å²) in [5, 5.41) is 7.96. The van der Waals surface area contributed by atoms with Gasteiger partial charge in [0, 0.05) is 23.7 Å². The molecule has 1 aromatic heterocycles. The molecule has 1 aromatic carbocycles. The zero-order chi connectivity index (χ0) is 12.4. The predicted molar refractivity (Wildman–Crippen MR) is 72.1 cm³/mol. The molecule has 0 bridgehead atoms. The van der Waals surface area contributed by atoms with Gasteiger partial charge in [-0.2, -0.15) is 5.10 Å². The number of halogens is 1. The normalized spacial score (nSPS) is 15.9. The van der Waals surface area contributed by atoms with Crippen molar-refractivity contribution in [1.29, 1.82) is 0 Å². The van der Waals surface area contributed by atoms with Crippen LogP contribution in [0.3, 0.4) is 0 Å². The number of hydrogen-bond donors (Lipinski definition) is 1. The fourth-order valence-corrected chi connectivity index (χ4v) is 2.36. The van der Waals surface area contributed by atoms with Gasteiger partial charge in [0.15, 0.2) is 0 Å². The highest BCUT2D eigenvalue weighted by Crippen LogP contribution is 2.30. The van der Waals surface area contributed by atoms with Crippen LogP contribution in [0, 0.1) is 0 Å². The summed E-state index contributed by atoms with van der Waals surface area (Å²) in [6.45, 7) is 3.29. The Morgan fingerprint density at radius 1 is 1.28 bits per heavy atom. The van der Waals surface area contributed by atoms with Crippen molar-refractivity contribution in [1.82, 2.24) is 10.2 Å². The second-order valence-electron chi connectivity index (χ2n) is 4.24. The van der Waals surface area contributed by atoms with Gasteiger partial charge >= 0.3 is 0 Å². The molecule has 1 aliphatic heterocycles. The molecule has 2 aromatic rings. The van der Waals surface area contributed by atoms with Crippen molar-refractivity contribution >= 4 is 17.4 Å². The Morgan fingerprint density at radius 2 is 2.11 bits per heavy atom. The van der Waals surface area contributed by atoms with Crippen LogP contribution < -0.4 is 4.90 Å². The molecule has 94 valence electrons. The number of benzene rings is 1. The van der Waals surface area contributed by atoms with E-state index in [9.17, 15) is 0 Å². The van der Waals surface area contributed by atoms with Crippen LogP contribution in [0.4, 0.5) is 5.82 Å². The second kappa shape index (κ2) is 5.00. The van der Waals surface area contributed by atoms with Gasteiger partial charge in [-0.1, -0.05) is 23.7 Å². The minimum Gasteiger partial charge on any atom is -0.378 e. The van der Waals surface area contributed by atoms with E-state index in [2.05, 4.69) is 15.1 Å². The van der Waals surface area contributed by atoms with Gasteiger partial charge in [0.1, 0.15) is 5.82 Å². The van der Waals surface area contributed by atoms with Gasteiger partial charge in [-0.05, 0) is 17.7 Å². The molecule has 0 atom stereocenters. The first kappa shape index (κ1) is 11.6. The maximum atomic E-state index is 6.04. The third-order valence-corrected chi connectivity index (χ3v) is 3.32. The average molecular weight is 264 g/mol. The molecule has 0 saturated carbocycles. The van der Waals surface area contributed by atoms with Crippen LogP contribution in [0.5, 0.6) is 0 Å². The molecule has 1 fully saturated rings. The summed E-state index contributed by atoms with van der Waals surface area (Å²) in [5.74, 6) is 1.04. The Labute approximate surface area is 111 Å². The van der Waals surface area contributed by atoms with Gasteiger partial charge in [0.05, 0.1) is 19.4 Å². The molecule has 3 rings (SSSR count). The molecule has 0 radical (unpaired) electrons. The first-order chi connectivity index (χ1) is 8.84. The second-order valence-corrected chi connectivity index (χ2v) is 4.68. The van der Waals surface area contributed by atoms with E-state index in [-0.39, 0.29) is 0 Å². The third kappa shape index (κ3) is 2.21. The topological polar surface area (TPSA) is 41.2 Å². The molecule has 0 spiro atoms. The van der Waals surface area contributed by atoms with Crippen LogP contribution in [0.2, 0.25) is 5.02 Å². The molecule has 0 aliphatic carbocycles. The number of aromatic amines is 1. The van der Waals surface area contributed by atoms with Crippen molar-refractivity contribution < 1.29 is 4.74 Å². The Balaban J connectivity index is 1.95. The minimum absolute atomic E-state index is 0.738. The van der Waals surface area contributed by atoms with Crippen molar-refractivity contribution in [2.75, 3.05) is 31.2 Å². The zero-order valence-electron chi connectivity index (χ0n) is 9.90. The number of nitrogens with one attached hydrogen (secondary N) is 1. The number of hydrogen-bond acceptors (Lipinski definition) is 3. The lowest BCUT2D eigenvalue weighted by Gasteiger charge is -2.28. The Kier molecular flexibility index (Phi) is 3.21. The van der Waals surface area contributed by atoms with Crippen molar-refractivity contribution in [3.63, 3.8) is 0 Å². The van der Waals surface area contributed by atoms with E-state index in [0.29, 0.717) is 0 Å². The SMILES string of the molecule is Clc1cccc(-c2cn[nH]c2N2CCOCC2)c1. The van der Waals surface area contributed by atoms with Crippen LogP contribution >= 0.6 is 11.6 Å². The molecule has 1 saturated heterocycles. The molecule has 5 heteroatoms. The largest absolute Gasteiger partial charge is 0.378 e. The smallest absolute Gasteiger partial charge is 0.132 e. The van der Waals surface area contributed by atoms with E-state index < -0.39 is 0 Å². The molecule has 0 unspecified atom stereocenters. The summed E-state index contributed by atoms with van der Waals surface area (Å²) in [7, 11) is 0. The van der Waals surface area contributed by atoms with Crippen LogP contribution in [-0.4, -0.2) is 36.5 Å². The molecule has 1 aliphatic rings. The molecule has 4 nitrogen and oxygen atoms in total. The maximum absolute atomic E-state index is 6.04. The van der Waals surface area contributed by atoms with Gasteiger partial charge in [0.2, 0.25) is 0 Å². The number of H-pyrrole nitrogens is 1. The number of anilines is 1. The fourth-order valence-electron chi connectivity index (χ4n) is 2.17. The quantitative estimate of drug-likeness (QED) is 0.905. The Morgan fingerprint density at radius 3 is 2.89 bits per heavy atom. The van der Waals surface area contributed by atoms with Gasteiger partial charge in [-0.15, -0.1) is 0 Å². The fraction of sp³-hybridized carbons (Fsp3) is 0.308. The summed E-state index contributed by atoms with van der Waals surface area (Å²) in [4.78, 5) is 2.26. The number of aromatic nitrogens is 2. The number of rotatable bonds is 2. The highest BCUT2D eigenvalue weighted by Gasteiger charge is 2.17. The zero-order valence-corrected chi connectivity index (χ0v) is 10.7. The van der Waals surface area contributed by atoms with E-state index in [4.69, 9.17) is 16.3 Å². The summed E-state index contributed by atoms with van der Waals surface area (Å²) in [6, 6.07) is 7.82. The van der Waals surface area contributed by atoms with E-state index in [0.717, 1.165) is 48.3 Å². The van der Waals surface area contributed by atoms with Crippen molar-refractivity contribution in [3.05, 3.63) is 35.5 Å². The van der Waals surface area contributed by atoms with Crippen molar-refractivity contribution in [3.8, 4) is 11.1 Å². The first-order valence-corrected chi connectivity index (χ1v) is 6.34. The maximum Gasteiger partial charge on any atom is 0.132 e. The molecule has 0 amide bonds. The van der Waals surface area contributed by atoms with Crippen LogP contribution in [0.25, 0.3) is 11.1 Å². The summed E-state index contributed by atoms with van der Waals surface area (Å²) < 4.78 is 5.37. The van der Waals surface area contributed by atoms with E-state index in [1.807, 2.05) is 30.5 Å². The highest BCUT2D eigenvalue weighted by molar-refractivity contribution is 6.30. The third-order valence-electron chi connectivity index (χ3n) is 3.08. The average Bonchev–Trinajstić information content (AvgIpc) is 2.89. The van der Waals surface area contributed by atoms with Crippen molar-refractivity contribution in [2.24, 2.45) is 0 Å². The molecular formula is C13H14ClN3O. The number of morpholine rings is 1. The van der Waals surface area contributed by atoms with E-state index in [1.54, 1.807) is 0 Å². The van der Waals surface area contributed by atoms with Crippen LogP contribution in [0.1, 0.15) is 0 Å². The lowest BCUT2D eigenvalue weighted by molar-refractivity contribution is 0.122. The van der Waals surface area contributed by atoms with Crippen LogP contribution in [-0.2, 0) is 4.74 Å². The molecule has 1 N–H and O–H groups in total. The Bertz CT molecular complexity index is 535. The molecule has 18 heavy (non-hydrogen) atoms. The van der Waals surface area contributed by atoms with Gasteiger partial charge < -0.3 is 9.64 Å². The van der Waals surface area contributed by atoms with E-state index >= 15 is 0 Å². The lowest BCUT2D eigenvalue weighted by atomic mass is 10.1. The molecular weight excluding hydrogens is 250 g/mol. The van der Waals surface area contributed by atoms with Gasteiger partial charge in [0.25, 0.3) is 0 Å². The van der Waals surface area contributed by atoms with Gasteiger partial charge in [-0.3, -0.25) is 5.10 Å². The summed E-state index contributed by atoms with van der Waals surface area (Å²) >= 11 is 6.04. The summed E-state index contributed by atoms with van der Waals surface area (Å²) in [6.07, 6.45) is 1.84. The first-order valence-electron chi connectivity index (χ1n) is 5.96. The van der Waals surface area contributed by atoms with Gasteiger partial charge in [-0.25, -0.2) is 0 Å². The highest BCUT2D eigenvalue weighted by atomic mass is 35.5.